The van der Waals surface area contributed by atoms with Gasteiger partial charge in [-0.1, -0.05) is 41.4 Å². The Labute approximate surface area is 192 Å². The van der Waals surface area contributed by atoms with Gasteiger partial charge in [0.05, 0.1) is 12.7 Å². The lowest BCUT2D eigenvalue weighted by Crippen LogP contribution is -2.28. The Bertz CT molecular complexity index is 1380. The molecule has 0 saturated heterocycles. The second kappa shape index (κ2) is 8.94. The van der Waals surface area contributed by atoms with Crippen LogP contribution in [0.4, 0.5) is 10.2 Å². The number of halogens is 3. The van der Waals surface area contributed by atoms with Gasteiger partial charge in [0, 0.05) is 27.9 Å². The highest BCUT2D eigenvalue weighted by atomic mass is 35.5. The second-order valence-corrected chi connectivity index (χ2v) is 7.77. The van der Waals surface area contributed by atoms with Crippen molar-refractivity contribution < 1.29 is 9.18 Å². The van der Waals surface area contributed by atoms with Crippen LogP contribution in [-0.2, 0) is 6.54 Å². The van der Waals surface area contributed by atoms with Crippen molar-refractivity contribution in [2.45, 2.75) is 13.5 Å². The first-order chi connectivity index (χ1) is 15.3. The van der Waals surface area contributed by atoms with Gasteiger partial charge in [-0.2, -0.15) is 10.2 Å². The molecule has 0 fully saturated rings. The van der Waals surface area contributed by atoms with E-state index in [9.17, 15) is 14.0 Å². The maximum atomic E-state index is 14.2. The Morgan fingerprint density at radius 2 is 1.91 bits per heavy atom. The molecule has 0 saturated carbocycles. The van der Waals surface area contributed by atoms with Crippen LogP contribution in [-0.4, -0.2) is 25.5 Å². The van der Waals surface area contributed by atoms with E-state index in [1.807, 2.05) is 0 Å². The molecule has 32 heavy (non-hydrogen) atoms. The molecule has 0 atom stereocenters. The van der Waals surface area contributed by atoms with Gasteiger partial charge >= 0.3 is 0 Å². The third-order valence-electron chi connectivity index (χ3n) is 4.70. The van der Waals surface area contributed by atoms with Crippen molar-refractivity contribution in [3.05, 3.63) is 104 Å². The number of anilines is 1. The molecule has 0 bridgehead atoms. The summed E-state index contributed by atoms with van der Waals surface area (Å²) in [6, 6.07) is 13.8. The van der Waals surface area contributed by atoms with Gasteiger partial charge in [-0.25, -0.2) is 13.8 Å². The fourth-order valence-electron chi connectivity index (χ4n) is 3.12. The van der Waals surface area contributed by atoms with Crippen molar-refractivity contribution in [3.63, 3.8) is 0 Å². The molecule has 2 aromatic heterocycles. The number of benzene rings is 2. The Balaban J connectivity index is 1.63. The molecule has 0 aliphatic rings. The van der Waals surface area contributed by atoms with Gasteiger partial charge in [-0.3, -0.25) is 9.59 Å². The van der Waals surface area contributed by atoms with Crippen LogP contribution in [0.1, 0.15) is 21.7 Å². The Kier molecular flexibility index (Phi) is 6.07. The van der Waals surface area contributed by atoms with Crippen LogP contribution in [0, 0.1) is 12.7 Å². The molecule has 162 valence electrons. The molecule has 0 unspecified atom stereocenters. The molecule has 0 spiro atoms. The number of rotatable bonds is 5. The van der Waals surface area contributed by atoms with Crippen molar-refractivity contribution in [1.29, 1.82) is 0 Å². The first kappa shape index (κ1) is 21.7. The van der Waals surface area contributed by atoms with E-state index in [1.54, 1.807) is 43.3 Å². The SMILES string of the molecule is Cc1cc(=O)c(C(=O)Nc2ccnn2Cc2ccc(Cl)cc2Cl)nn1-c1ccccc1F. The van der Waals surface area contributed by atoms with Crippen molar-refractivity contribution >= 4 is 34.9 Å². The Hall–Kier alpha value is -3.49. The minimum atomic E-state index is -0.746. The van der Waals surface area contributed by atoms with Crippen molar-refractivity contribution in [2.24, 2.45) is 0 Å². The zero-order valence-corrected chi connectivity index (χ0v) is 18.2. The van der Waals surface area contributed by atoms with Gasteiger partial charge in [-0.15, -0.1) is 0 Å². The standard InChI is InChI=1S/C22H16Cl2FN5O2/c1-13-10-19(31)21(28-30(13)18-5-3-2-4-17(18)25)22(32)27-20-8-9-26-29(20)12-14-6-7-15(23)11-16(14)24/h2-11H,12H2,1H3,(H,27,32). The first-order valence-electron chi connectivity index (χ1n) is 9.46. The summed E-state index contributed by atoms with van der Waals surface area (Å²) in [5, 5.41) is 11.9. The van der Waals surface area contributed by atoms with Crippen LogP contribution in [0.5, 0.6) is 0 Å². The lowest BCUT2D eigenvalue weighted by Gasteiger charge is -2.13. The van der Waals surface area contributed by atoms with Crippen LogP contribution in [0.2, 0.25) is 10.0 Å². The van der Waals surface area contributed by atoms with Crippen LogP contribution < -0.4 is 10.7 Å². The number of carbonyl (C=O) groups excluding carboxylic acids is 1. The van der Waals surface area contributed by atoms with Crippen LogP contribution in [0.3, 0.4) is 0 Å². The molecule has 2 aromatic carbocycles. The van der Waals surface area contributed by atoms with Gasteiger partial charge in [0.2, 0.25) is 5.43 Å². The predicted molar refractivity (Wildman–Crippen MR) is 120 cm³/mol. The average Bonchev–Trinajstić information content (AvgIpc) is 3.17. The lowest BCUT2D eigenvalue weighted by molar-refractivity contribution is 0.101. The third-order valence-corrected chi connectivity index (χ3v) is 5.28. The van der Waals surface area contributed by atoms with E-state index < -0.39 is 17.2 Å². The number of para-hydroxylation sites is 1. The number of hydrogen-bond donors (Lipinski definition) is 1. The monoisotopic (exact) mass is 471 g/mol. The minimum Gasteiger partial charge on any atom is -0.305 e. The number of nitrogens with one attached hydrogen (secondary N) is 1. The third kappa shape index (κ3) is 4.42. The maximum Gasteiger partial charge on any atom is 0.281 e. The molecule has 1 amide bonds. The number of hydrogen-bond acceptors (Lipinski definition) is 4. The number of amides is 1. The first-order valence-corrected chi connectivity index (χ1v) is 10.2. The molecule has 2 heterocycles. The van der Waals surface area contributed by atoms with E-state index in [4.69, 9.17) is 23.2 Å². The fourth-order valence-corrected chi connectivity index (χ4v) is 3.59. The maximum absolute atomic E-state index is 14.2. The normalized spacial score (nSPS) is 10.9. The van der Waals surface area contributed by atoms with Gasteiger partial charge < -0.3 is 5.32 Å². The molecule has 1 N–H and O–H groups in total. The molecule has 4 rings (SSSR count). The predicted octanol–water partition coefficient (Wildman–Crippen LogP) is 4.48. The van der Waals surface area contributed by atoms with Crippen molar-refractivity contribution in [3.8, 4) is 5.69 Å². The summed E-state index contributed by atoms with van der Waals surface area (Å²) in [6.45, 7) is 1.87. The molecular formula is C22H16Cl2FN5O2. The number of nitrogens with zero attached hydrogens (tertiary/aromatic N) is 4. The minimum absolute atomic E-state index is 0.126. The summed E-state index contributed by atoms with van der Waals surface area (Å²) in [5.41, 5.74) is 0.293. The highest BCUT2D eigenvalue weighted by molar-refractivity contribution is 6.35. The van der Waals surface area contributed by atoms with Gasteiger partial charge in [0.1, 0.15) is 17.3 Å². The van der Waals surface area contributed by atoms with Crippen molar-refractivity contribution in [1.82, 2.24) is 19.6 Å². The van der Waals surface area contributed by atoms with Gasteiger partial charge in [0.25, 0.3) is 5.91 Å². The van der Waals surface area contributed by atoms with E-state index in [0.29, 0.717) is 21.6 Å². The van der Waals surface area contributed by atoms with E-state index in [1.165, 1.54) is 33.8 Å². The summed E-state index contributed by atoms with van der Waals surface area (Å²) in [4.78, 5) is 25.3. The molecule has 7 nitrogen and oxygen atoms in total. The largest absolute Gasteiger partial charge is 0.305 e. The summed E-state index contributed by atoms with van der Waals surface area (Å²) >= 11 is 12.2. The fraction of sp³-hybridized carbons (Fsp3) is 0.0909. The van der Waals surface area contributed by atoms with E-state index in [-0.39, 0.29) is 17.9 Å². The summed E-state index contributed by atoms with van der Waals surface area (Å²) in [7, 11) is 0. The summed E-state index contributed by atoms with van der Waals surface area (Å²) < 4.78 is 17.0. The second-order valence-electron chi connectivity index (χ2n) is 6.93. The molecule has 10 heteroatoms. The number of aromatic nitrogens is 4. The zero-order chi connectivity index (χ0) is 22.8. The highest BCUT2D eigenvalue weighted by Crippen LogP contribution is 2.23. The molecule has 4 aromatic rings. The van der Waals surface area contributed by atoms with E-state index in [0.717, 1.165) is 5.56 Å². The molecule has 0 aliphatic carbocycles. The average molecular weight is 472 g/mol. The van der Waals surface area contributed by atoms with Gasteiger partial charge in [-0.05, 0) is 36.8 Å². The Morgan fingerprint density at radius 3 is 2.66 bits per heavy atom. The quantitative estimate of drug-likeness (QED) is 0.465. The highest BCUT2D eigenvalue weighted by Gasteiger charge is 2.18. The number of carbonyl (C=O) groups is 1. The topological polar surface area (TPSA) is 81.8 Å². The zero-order valence-electron chi connectivity index (χ0n) is 16.7. The summed E-state index contributed by atoms with van der Waals surface area (Å²) in [6.07, 6.45) is 1.50. The van der Waals surface area contributed by atoms with Gasteiger partial charge in [0.15, 0.2) is 5.69 Å². The van der Waals surface area contributed by atoms with Crippen LogP contribution in [0.25, 0.3) is 5.69 Å². The van der Waals surface area contributed by atoms with E-state index in [2.05, 4.69) is 15.5 Å². The van der Waals surface area contributed by atoms with E-state index >= 15 is 0 Å². The smallest absolute Gasteiger partial charge is 0.281 e. The molecular weight excluding hydrogens is 456 g/mol. The number of aryl methyl sites for hydroxylation is 1. The van der Waals surface area contributed by atoms with Crippen molar-refractivity contribution in [2.75, 3.05) is 5.32 Å². The lowest BCUT2D eigenvalue weighted by atomic mass is 10.2. The van der Waals surface area contributed by atoms with Crippen LogP contribution >= 0.6 is 23.2 Å². The summed E-state index contributed by atoms with van der Waals surface area (Å²) in [5.74, 6) is -0.944. The Morgan fingerprint density at radius 1 is 1.12 bits per heavy atom. The molecule has 0 aliphatic heterocycles. The molecule has 0 radical (unpaired) electrons. The van der Waals surface area contributed by atoms with Crippen LogP contribution in [0.15, 0.2) is 65.6 Å².